The van der Waals surface area contributed by atoms with Gasteiger partial charge in [0, 0.05) is 0 Å². The third kappa shape index (κ3) is 7.52. The van der Waals surface area contributed by atoms with Gasteiger partial charge in [0.2, 0.25) is 0 Å². The molecule has 18 heteroatoms. The molecule has 38 heavy (non-hydrogen) atoms. The Morgan fingerprint density at radius 1 is 0.579 bits per heavy atom. The van der Waals surface area contributed by atoms with Crippen molar-refractivity contribution in [1.82, 2.24) is 0 Å². The summed E-state index contributed by atoms with van der Waals surface area (Å²) in [6.07, 6.45) is -25.1. The standard InChI is InChI=1S/C18H32O16.C2H3O2/c19-1-4-7(22)8(23)12(27)17(31-4)34-15-6(3-21)32-18(13(28)10(15)25)33-14-5(2-20)30-16(29)11(26)9(14)24;1-2(3)4/h4-29H,1-3H2;1H2,(H,3,4)/t4-,5-,6-,7-,8+,9-,10-,11-,12-,13-,14-,15-,16+,17?,18?;/m1./s1. The molecule has 1 radical (unpaired) electrons. The van der Waals surface area contributed by atoms with Crippen LogP contribution in [0.25, 0.3) is 0 Å². The van der Waals surface area contributed by atoms with E-state index in [9.17, 15) is 56.2 Å². The number of carboxylic acids is 1. The Morgan fingerprint density at radius 2 is 0.947 bits per heavy atom. The average molecular weight is 563 g/mol. The number of carbonyl (C=O) groups is 1. The maximum atomic E-state index is 10.6. The van der Waals surface area contributed by atoms with Crippen LogP contribution in [0.15, 0.2) is 0 Å². The average Bonchev–Trinajstić information content (AvgIpc) is 2.87. The quantitative estimate of drug-likeness (QED) is 0.137. The highest BCUT2D eigenvalue weighted by atomic mass is 16.8. The van der Waals surface area contributed by atoms with Crippen molar-refractivity contribution in [2.24, 2.45) is 0 Å². The largest absolute Gasteiger partial charge is 0.481 e. The maximum Gasteiger partial charge on any atom is 0.303 e. The van der Waals surface area contributed by atoms with Gasteiger partial charge in [-0.2, -0.15) is 0 Å². The van der Waals surface area contributed by atoms with E-state index in [-0.39, 0.29) is 0 Å². The fourth-order valence-corrected chi connectivity index (χ4v) is 4.06. The highest BCUT2D eigenvalue weighted by Gasteiger charge is 2.53. The monoisotopic (exact) mass is 563 g/mol. The summed E-state index contributed by atoms with van der Waals surface area (Å²) in [5, 5.41) is 116. The van der Waals surface area contributed by atoms with Gasteiger partial charge in [-0.1, -0.05) is 0 Å². The number of aliphatic hydroxyl groups excluding tert-OH is 11. The van der Waals surface area contributed by atoms with Gasteiger partial charge in [-0.25, -0.2) is 0 Å². The minimum Gasteiger partial charge on any atom is -0.481 e. The van der Waals surface area contributed by atoms with Crippen LogP contribution >= 0.6 is 0 Å². The van der Waals surface area contributed by atoms with E-state index >= 15 is 0 Å². The molecule has 3 aliphatic rings. The van der Waals surface area contributed by atoms with E-state index in [4.69, 9.17) is 33.6 Å². The molecule has 15 atom stereocenters. The van der Waals surface area contributed by atoms with Gasteiger partial charge in [-0.3, -0.25) is 4.79 Å². The van der Waals surface area contributed by atoms with Crippen molar-refractivity contribution in [3.05, 3.63) is 6.92 Å². The molecule has 3 heterocycles. The van der Waals surface area contributed by atoms with Crippen LogP contribution in [-0.4, -0.2) is 179 Å². The fraction of sp³-hybridized carbons (Fsp3) is 0.900. The predicted octanol–water partition coefficient (Wildman–Crippen LogP) is -7.67. The molecule has 0 saturated carbocycles. The zero-order valence-corrected chi connectivity index (χ0v) is 19.8. The van der Waals surface area contributed by atoms with Crippen molar-refractivity contribution >= 4 is 5.97 Å². The summed E-state index contributed by atoms with van der Waals surface area (Å²) in [6, 6.07) is 0. The Bertz CT molecular complexity index is 718. The molecule has 0 bridgehead atoms. The van der Waals surface area contributed by atoms with Crippen LogP contribution in [0.1, 0.15) is 0 Å². The van der Waals surface area contributed by atoms with Crippen LogP contribution in [-0.2, 0) is 28.5 Å². The van der Waals surface area contributed by atoms with Crippen molar-refractivity contribution in [2.45, 2.75) is 92.1 Å². The molecule has 3 aliphatic heterocycles. The molecule has 18 nitrogen and oxygen atoms in total. The number of hydrogen-bond acceptors (Lipinski definition) is 17. The van der Waals surface area contributed by atoms with Gasteiger partial charge in [0.05, 0.1) is 26.7 Å². The number of rotatable bonds is 7. The lowest BCUT2D eigenvalue weighted by Gasteiger charge is -2.47. The summed E-state index contributed by atoms with van der Waals surface area (Å²) in [5.74, 6) is -1.08. The third-order valence-electron chi connectivity index (χ3n) is 6.09. The highest BCUT2D eigenvalue weighted by molar-refractivity contribution is 5.71. The van der Waals surface area contributed by atoms with Gasteiger partial charge in [0.15, 0.2) is 18.9 Å². The summed E-state index contributed by atoms with van der Waals surface area (Å²) < 4.78 is 26.4. The molecular weight excluding hydrogens is 528 g/mol. The second kappa shape index (κ2) is 14.5. The second-order valence-corrected chi connectivity index (χ2v) is 8.73. The van der Waals surface area contributed by atoms with Gasteiger partial charge >= 0.3 is 5.97 Å². The summed E-state index contributed by atoms with van der Waals surface area (Å²) in [7, 11) is 0. The second-order valence-electron chi connectivity index (χ2n) is 8.73. The van der Waals surface area contributed by atoms with Crippen LogP contribution in [0.4, 0.5) is 0 Å². The van der Waals surface area contributed by atoms with E-state index < -0.39 is 118 Å². The van der Waals surface area contributed by atoms with Crippen LogP contribution in [0.2, 0.25) is 0 Å². The number of aliphatic hydroxyl groups is 11. The molecule has 0 spiro atoms. The molecular formula is C20H35O18. The third-order valence-corrected chi connectivity index (χ3v) is 6.09. The molecule has 223 valence electrons. The molecule has 0 aliphatic carbocycles. The van der Waals surface area contributed by atoms with Crippen LogP contribution in [0.5, 0.6) is 0 Å². The van der Waals surface area contributed by atoms with Crippen molar-refractivity contribution in [3.8, 4) is 0 Å². The smallest absolute Gasteiger partial charge is 0.303 e. The lowest BCUT2D eigenvalue weighted by molar-refractivity contribution is -0.377. The molecule has 0 amide bonds. The zero-order chi connectivity index (χ0) is 28.9. The SMILES string of the molecule is OC[C@H]1OC(O[C@H]2[C@H](O)[C@@H](O)C(O[C@H]3[C@H](O)[C@@H](O)[C@@H](O)O[C@@H]3CO)O[C@@H]2CO)[C@H](O)[C@@H](O)[C@@H]1O.[CH2]C(=O)O. The summed E-state index contributed by atoms with van der Waals surface area (Å²) in [5.41, 5.74) is 0. The highest BCUT2D eigenvalue weighted by Crippen LogP contribution is 2.32. The van der Waals surface area contributed by atoms with E-state index in [1.165, 1.54) is 0 Å². The summed E-state index contributed by atoms with van der Waals surface area (Å²) in [4.78, 5) is 8.89. The normalized spacial score (nSPS) is 47.6. The van der Waals surface area contributed by atoms with Crippen molar-refractivity contribution in [3.63, 3.8) is 0 Å². The Kier molecular flexibility index (Phi) is 12.6. The Labute approximate surface area is 215 Å². The number of carboxylic acid groups (broad SMARTS) is 1. The predicted molar refractivity (Wildman–Crippen MR) is 114 cm³/mol. The molecule has 3 fully saturated rings. The minimum atomic E-state index is -1.91. The lowest BCUT2D eigenvalue weighted by atomic mass is 9.96. The van der Waals surface area contributed by atoms with Crippen molar-refractivity contribution in [2.75, 3.05) is 19.8 Å². The Hall–Kier alpha value is -1.17. The van der Waals surface area contributed by atoms with Crippen LogP contribution in [0.3, 0.4) is 0 Å². The van der Waals surface area contributed by atoms with Gasteiger partial charge in [0.1, 0.15) is 73.2 Å². The molecule has 12 N–H and O–H groups in total. The minimum absolute atomic E-state index is 0.741. The molecule has 3 saturated heterocycles. The first-order valence-corrected chi connectivity index (χ1v) is 11.4. The van der Waals surface area contributed by atoms with E-state index in [0.717, 1.165) is 0 Å². The van der Waals surface area contributed by atoms with Gasteiger partial charge < -0.3 is 85.0 Å². The van der Waals surface area contributed by atoms with E-state index in [2.05, 4.69) is 6.92 Å². The van der Waals surface area contributed by atoms with Gasteiger partial charge in [-0.05, 0) is 0 Å². The molecule has 0 aromatic carbocycles. The first-order valence-electron chi connectivity index (χ1n) is 11.4. The van der Waals surface area contributed by atoms with Gasteiger partial charge in [-0.15, -0.1) is 0 Å². The van der Waals surface area contributed by atoms with E-state index in [1.807, 2.05) is 0 Å². The Morgan fingerprint density at radius 3 is 1.39 bits per heavy atom. The number of ether oxygens (including phenoxy) is 5. The zero-order valence-electron chi connectivity index (χ0n) is 19.8. The van der Waals surface area contributed by atoms with Crippen LogP contribution < -0.4 is 0 Å². The molecule has 2 unspecified atom stereocenters. The topological polar surface area (TPSA) is 306 Å². The number of hydrogen-bond donors (Lipinski definition) is 12. The van der Waals surface area contributed by atoms with E-state index in [0.29, 0.717) is 0 Å². The first kappa shape index (κ1) is 33.0. The fourth-order valence-electron chi connectivity index (χ4n) is 4.06. The summed E-state index contributed by atoms with van der Waals surface area (Å²) >= 11 is 0. The molecule has 0 aromatic heterocycles. The first-order chi connectivity index (χ1) is 17.8. The van der Waals surface area contributed by atoms with Crippen molar-refractivity contribution < 1.29 is 89.8 Å². The van der Waals surface area contributed by atoms with Crippen molar-refractivity contribution in [1.29, 1.82) is 0 Å². The van der Waals surface area contributed by atoms with Crippen LogP contribution in [0, 0.1) is 6.92 Å². The van der Waals surface area contributed by atoms with Gasteiger partial charge in [0.25, 0.3) is 0 Å². The van der Waals surface area contributed by atoms with E-state index in [1.54, 1.807) is 0 Å². The Balaban J connectivity index is 0.00000118. The summed E-state index contributed by atoms with van der Waals surface area (Å²) in [6.45, 7) is 0.234. The maximum absolute atomic E-state index is 10.6. The molecule has 3 rings (SSSR count). The number of aliphatic carboxylic acids is 1. The molecule has 0 aromatic rings. The lowest BCUT2D eigenvalue weighted by Crippen LogP contribution is -2.66.